The van der Waals surface area contributed by atoms with E-state index in [-0.39, 0.29) is 6.54 Å². The Balaban J connectivity index is 3.81. The molecule has 84 valence electrons. The minimum absolute atomic E-state index is 0.0456. The van der Waals surface area contributed by atoms with Crippen LogP contribution in [0.15, 0.2) is 0 Å². The van der Waals surface area contributed by atoms with Crippen LogP contribution in [-0.2, 0) is 14.3 Å². The van der Waals surface area contributed by atoms with Crippen molar-refractivity contribution in [1.29, 1.82) is 0 Å². The lowest BCUT2D eigenvalue weighted by Gasteiger charge is -2.18. The van der Waals surface area contributed by atoms with Gasteiger partial charge in [-0.2, -0.15) is 0 Å². The lowest BCUT2D eigenvalue weighted by atomic mass is 10.2. The molecule has 1 N–H and O–H groups in total. The van der Waals surface area contributed by atoms with Crippen LogP contribution >= 0.6 is 0 Å². The lowest BCUT2D eigenvalue weighted by molar-refractivity contribution is -0.133. The Labute approximate surface area is 89.1 Å². The van der Waals surface area contributed by atoms with Gasteiger partial charge < -0.3 is 14.8 Å². The molecule has 0 aromatic carbocycles. The number of hydrogen-bond donors (Lipinski definition) is 1. The summed E-state index contributed by atoms with van der Waals surface area (Å²) in [7, 11) is 1.23. The van der Waals surface area contributed by atoms with E-state index in [1.807, 2.05) is 0 Å². The predicted octanol–water partition coefficient (Wildman–Crippen LogP) is 0.687. The molecule has 5 nitrogen and oxygen atoms in total. The number of esters is 1. The standard InChI is InChI=1S/C10H15NO4/c1-10(2,3)15-9(13)11-7-5-6-8(12)14-4/h7H2,1-4H3,(H,11,13). The number of carbonyl (C=O) groups excluding carboxylic acids is 2. The summed E-state index contributed by atoms with van der Waals surface area (Å²) in [5.41, 5.74) is -0.542. The average molecular weight is 213 g/mol. The lowest BCUT2D eigenvalue weighted by Crippen LogP contribution is -2.32. The minimum Gasteiger partial charge on any atom is -0.459 e. The van der Waals surface area contributed by atoms with Crippen molar-refractivity contribution in [3.63, 3.8) is 0 Å². The van der Waals surface area contributed by atoms with E-state index in [1.54, 1.807) is 20.8 Å². The number of amides is 1. The third-order valence-electron chi connectivity index (χ3n) is 1.10. The molecular weight excluding hydrogens is 198 g/mol. The molecule has 0 aromatic rings. The van der Waals surface area contributed by atoms with Crippen LogP contribution in [0.4, 0.5) is 4.79 Å². The molecule has 5 heteroatoms. The highest BCUT2D eigenvalue weighted by atomic mass is 16.6. The molecule has 0 radical (unpaired) electrons. The zero-order valence-corrected chi connectivity index (χ0v) is 9.34. The van der Waals surface area contributed by atoms with E-state index in [9.17, 15) is 9.59 Å². The van der Waals surface area contributed by atoms with Crippen molar-refractivity contribution >= 4 is 12.1 Å². The fourth-order valence-corrected chi connectivity index (χ4v) is 0.598. The van der Waals surface area contributed by atoms with Crippen LogP contribution in [0.2, 0.25) is 0 Å². The molecule has 0 aromatic heterocycles. The molecule has 0 saturated carbocycles. The Morgan fingerprint density at radius 2 is 1.93 bits per heavy atom. The monoisotopic (exact) mass is 213 g/mol. The maximum atomic E-state index is 11.1. The van der Waals surface area contributed by atoms with Gasteiger partial charge in [-0.05, 0) is 20.8 Å². The van der Waals surface area contributed by atoms with Crippen LogP contribution in [-0.4, -0.2) is 31.3 Å². The van der Waals surface area contributed by atoms with E-state index in [4.69, 9.17) is 4.74 Å². The maximum absolute atomic E-state index is 11.1. The Hall–Kier alpha value is -1.70. The van der Waals surface area contributed by atoms with Crippen molar-refractivity contribution in [2.24, 2.45) is 0 Å². The summed E-state index contributed by atoms with van der Waals surface area (Å²) in [6.45, 7) is 5.32. The van der Waals surface area contributed by atoms with Crippen molar-refractivity contribution < 1.29 is 19.1 Å². The Kier molecular flexibility index (Phi) is 5.24. The van der Waals surface area contributed by atoms with Crippen LogP contribution in [0.25, 0.3) is 0 Å². The molecule has 0 unspecified atom stereocenters. The molecule has 15 heavy (non-hydrogen) atoms. The maximum Gasteiger partial charge on any atom is 0.408 e. The molecule has 0 rings (SSSR count). The first kappa shape index (κ1) is 13.3. The largest absolute Gasteiger partial charge is 0.459 e. The van der Waals surface area contributed by atoms with Crippen molar-refractivity contribution in [2.45, 2.75) is 26.4 Å². The third kappa shape index (κ3) is 8.63. The molecule has 0 saturated heterocycles. The smallest absolute Gasteiger partial charge is 0.408 e. The van der Waals surface area contributed by atoms with Crippen LogP contribution < -0.4 is 5.32 Å². The molecule has 0 aliphatic carbocycles. The Morgan fingerprint density at radius 3 is 2.40 bits per heavy atom. The summed E-state index contributed by atoms with van der Waals surface area (Å²) >= 11 is 0. The van der Waals surface area contributed by atoms with Gasteiger partial charge in [-0.25, -0.2) is 9.59 Å². The molecule has 0 aliphatic heterocycles. The summed E-state index contributed by atoms with van der Waals surface area (Å²) in [6, 6.07) is 0. The molecular formula is C10H15NO4. The average Bonchev–Trinajstić information content (AvgIpc) is 2.09. The number of nitrogens with one attached hydrogen (secondary N) is 1. The summed E-state index contributed by atoms with van der Waals surface area (Å²) in [4.78, 5) is 21.6. The number of methoxy groups -OCH3 is 1. The number of carbonyl (C=O) groups is 2. The van der Waals surface area contributed by atoms with E-state index in [1.165, 1.54) is 7.11 Å². The minimum atomic E-state index is -0.638. The van der Waals surface area contributed by atoms with Gasteiger partial charge in [-0.15, -0.1) is 0 Å². The van der Waals surface area contributed by atoms with Gasteiger partial charge in [0.2, 0.25) is 0 Å². The second-order valence-corrected chi connectivity index (χ2v) is 3.65. The summed E-state index contributed by atoms with van der Waals surface area (Å²) in [5.74, 6) is 3.95. The van der Waals surface area contributed by atoms with Gasteiger partial charge >= 0.3 is 12.1 Å². The highest BCUT2D eigenvalue weighted by Crippen LogP contribution is 2.05. The Bertz CT molecular complexity index is 293. The first-order valence-electron chi connectivity index (χ1n) is 4.39. The fourth-order valence-electron chi connectivity index (χ4n) is 0.598. The third-order valence-corrected chi connectivity index (χ3v) is 1.10. The van der Waals surface area contributed by atoms with Crippen LogP contribution in [0.3, 0.4) is 0 Å². The van der Waals surface area contributed by atoms with Gasteiger partial charge in [0, 0.05) is 5.92 Å². The molecule has 0 atom stereocenters. The van der Waals surface area contributed by atoms with E-state index < -0.39 is 17.7 Å². The molecule has 0 heterocycles. The van der Waals surface area contributed by atoms with Gasteiger partial charge in [0.15, 0.2) is 0 Å². The van der Waals surface area contributed by atoms with Crippen molar-refractivity contribution in [3.05, 3.63) is 0 Å². The normalized spacial score (nSPS) is 9.60. The topological polar surface area (TPSA) is 64.6 Å². The van der Waals surface area contributed by atoms with Gasteiger partial charge in [0.25, 0.3) is 0 Å². The molecule has 0 bridgehead atoms. The zero-order valence-electron chi connectivity index (χ0n) is 9.34. The summed E-state index contributed by atoms with van der Waals surface area (Å²) < 4.78 is 9.22. The zero-order chi connectivity index (χ0) is 11.9. The SMILES string of the molecule is COC(=O)C#CCNC(=O)OC(C)(C)C. The molecule has 1 amide bonds. The van der Waals surface area contributed by atoms with Crippen molar-refractivity contribution in [3.8, 4) is 11.8 Å². The van der Waals surface area contributed by atoms with Gasteiger partial charge in [0.05, 0.1) is 13.7 Å². The molecule has 0 aliphatic rings. The summed E-state index contributed by atoms with van der Waals surface area (Å²) in [5, 5.41) is 2.38. The molecule has 0 fully saturated rings. The fraction of sp³-hybridized carbons (Fsp3) is 0.600. The van der Waals surface area contributed by atoms with Crippen LogP contribution in [0, 0.1) is 11.8 Å². The summed E-state index contributed by atoms with van der Waals surface area (Å²) in [6.07, 6.45) is -0.568. The van der Waals surface area contributed by atoms with E-state index in [2.05, 4.69) is 21.9 Å². The number of alkyl carbamates (subject to hydrolysis) is 1. The Morgan fingerprint density at radius 1 is 1.33 bits per heavy atom. The molecule has 0 spiro atoms. The van der Waals surface area contributed by atoms with Gasteiger partial charge in [-0.3, -0.25) is 0 Å². The van der Waals surface area contributed by atoms with Crippen LogP contribution in [0.1, 0.15) is 20.8 Å². The number of ether oxygens (including phenoxy) is 2. The second kappa shape index (κ2) is 5.91. The second-order valence-electron chi connectivity index (χ2n) is 3.65. The van der Waals surface area contributed by atoms with Crippen molar-refractivity contribution in [2.75, 3.05) is 13.7 Å². The number of rotatable bonds is 1. The highest BCUT2D eigenvalue weighted by Gasteiger charge is 2.14. The predicted molar refractivity (Wildman–Crippen MR) is 54.0 cm³/mol. The quantitative estimate of drug-likeness (QED) is 0.395. The van der Waals surface area contributed by atoms with Crippen LogP contribution in [0.5, 0.6) is 0 Å². The van der Waals surface area contributed by atoms with E-state index in [0.29, 0.717) is 0 Å². The highest BCUT2D eigenvalue weighted by molar-refractivity contribution is 5.88. The van der Waals surface area contributed by atoms with Gasteiger partial charge in [-0.1, -0.05) is 5.92 Å². The first-order valence-corrected chi connectivity index (χ1v) is 4.39. The van der Waals surface area contributed by atoms with Crippen molar-refractivity contribution in [1.82, 2.24) is 5.32 Å². The number of hydrogen-bond acceptors (Lipinski definition) is 4. The first-order chi connectivity index (χ1) is 6.85. The van der Waals surface area contributed by atoms with E-state index in [0.717, 1.165) is 0 Å². The van der Waals surface area contributed by atoms with Gasteiger partial charge in [0.1, 0.15) is 5.60 Å². The van der Waals surface area contributed by atoms with E-state index >= 15 is 0 Å².